The Morgan fingerprint density at radius 2 is 1.25 bits per heavy atom. The molecule has 0 radical (unpaired) electrons. The molecule has 0 amide bonds. The Kier molecular flexibility index (Phi) is 4.32. The fourth-order valence-electron chi connectivity index (χ4n) is 2.61. The maximum atomic E-state index is 2.30. The topological polar surface area (TPSA) is 0 Å². The molecule has 20 heavy (non-hydrogen) atoms. The van der Waals surface area contributed by atoms with Crippen molar-refractivity contribution in [2.45, 2.75) is 52.4 Å². The molecule has 2 rings (SSSR count). The SMILES string of the molecule is CCc1ccc(C(C)(C)c2ccc(C(C)C)cc2)cc1. The summed E-state index contributed by atoms with van der Waals surface area (Å²) >= 11 is 0. The van der Waals surface area contributed by atoms with Gasteiger partial charge in [0.2, 0.25) is 0 Å². The van der Waals surface area contributed by atoms with Crippen molar-refractivity contribution >= 4 is 0 Å². The second kappa shape index (κ2) is 5.83. The maximum Gasteiger partial charge on any atom is 0.0146 e. The normalized spacial score (nSPS) is 11.9. The molecular weight excluding hydrogens is 240 g/mol. The van der Waals surface area contributed by atoms with Crippen LogP contribution >= 0.6 is 0 Å². The number of hydrogen-bond acceptors (Lipinski definition) is 0. The Hall–Kier alpha value is -1.56. The average Bonchev–Trinajstić information content (AvgIpc) is 2.47. The predicted octanol–water partition coefficient (Wildman–Crippen LogP) is 5.70. The molecular formula is C20H26. The van der Waals surface area contributed by atoms with E-state index in [0.717, 1.165) is 6.42 Å². The lowest BCUT2D eigenvalue weighted by Gasteiger charge is -2.27. The molecule has 106 valence electrons. The Morgan fingerprint density at radius 1 is 0.800 bits per heavy atom. The highest BCUT2D eigenvalue weighted by Gasteiger charge is 2.22. The third kappa shape index (κ3) is 2.95. The molecule has 0 aliphatic rings. The minimum absolute atomic E-state index is 0.0573. The van der Waals surface area contributed by atoms with Crippen LogP contribution in [0.5, 0.6) is 0 Å². The largest absolute Gasteiger partial charge is 0.0613 e. The molecule has 0 saturated carbocycles. The lowest BCUT2D eigenvalue weighted by Crippen LogP contribution is -2.18. The van der Waals surface area contributed by atoms with Crippen LogP contribution in [0.15, 0.2) is 48.5 Å². The first-order valence-corrected chi connectivity index (χ1v) is 7.65. The van der Waals surface area contributed by atoms with Gasteiger partial charge < -0.3 is 0 Å². The summed E-state index contributed by atoms with van der Waals surface area (Å²) in [5.74, 6) is 0.594. The summed E-state index contributed by atoms with van der Waals surface area (Å²) in [5, 5.41) is 0. The lowest BCUT2D eigenvalue weighted by molar-refractivity contribution is 0.639. The highest BCUT2D eigenvalue weighted by molar-refractivity contribution is 5.40. The molecule has 0 bridgehead atoms. The van der Waals surface area contributed by atoms with Crippen molar-refractivity contribution in [3.63, 3.8) is 0 Å². The Balaban J connectivity index is 2.32. The molecule has 0 fully saturated rings. The minimum atomic E-state index is 0.0573. The summed E-state index contributed by atoms with van der Waals surface area (Å²) in [6, 6.07) is 18.1. The second-order valence-corrected chi connectivity index (χ2v) is 6.45. The van der Waals surface area contributed by atoms with Gasteiger partial charge in [0, 0.05) is 5.41 Å². The third-order valence-corrected chi connectivity index (χ3v) is 4.38. The van der Waals surface area contributed by atoms with E-state index in [2.05, 4.69) is 83.1 Å². The number of benzene rings is 2. The molecule has 2 aromatic rings. The number of rotatable bonds is 4. The fraction of sp³-hybridized carbons (Fsp3) is 0.400. The Bertz CT molecular complexity index is 542. The van der Waals surface area contributed by atoms with E-state index < -0.39 is 0 Å². The van der Waals surface area contributed by atoms with Crippen molar-refractivity contribution < 1.29 is 0 Å². The standard InChI is InChI=1S/C20H26/c1-6-16-7-11-18(12-8-16)20(4,5)19-13-9-17(10-14-19)15(2)3/h7-15H,6H2,1-5H3. The molecule has 0 saturated heterocycles. The van der Waals surface area contributed by atoms with E-state index in [1.54, 1.807) is 0 Å². The molecule has 0 aliphatic carbocycles. The van der Waals surface area contributed by atoms with Gasteiger partial charge in [-0.3, -0.25) is 0 Å². The van der Waals surface area contributed by atoms with Gasteiger partial charge in [0.25, 0.3) is 0 Å². The third-order valence-electron chi connectivity index (χ3n) is 4.38. The van der Waals surface area contributed by atoms with Gasteiger partial charge in [0.1, 0.15) is 0 Å². The Labute approximate surface area is 123 Å². The van der Waals surface area contributed by atoms with Crippen LogP contribution < -0.4 is 0 Å². The van der Waals surface area contributed by atoms with Crippen molar-refractivity contribution in [2.24, 2.45) is 0 Å². The molecule has 0 N–H and O–H groups in total. The maximum absolute atomic E-state index is 2.30. The zero-order chi connectivity index (χ0) is 14.8. The summed E-state index contributed by atoms with van der Waals surface area (Å²) in [6.07, 6.45) is 1.10. The molecule has 0 aliphatic heterocycles. The van der Waals surface area contributed by atoms with Crippen LogP contribution in [0.4, 0.5) is 0 Å². The van der Waals surface area contributed by atoms with Gasteiger partial charge >= 0.3 is 0 Å². The van der Waals surface area contributed by atoms with Crippen molar-refractivity contribution in [3.05, 3.63) is 70.8 Å². The zero-order valence-electron chi connectivity index (χ0n) is 13.4. The lowest BCUT2D eigenvalue weighted by atomic mass is 9.77. The van der Waals surface area contributed by atoms with Gasteiger partial charge in [-0.1, -0.05) is 83.1 Å². The van der Waals surface area contributed by atoms with Gasteiger partial charge in [-0.2, -0.15) is 0 Å². The quantitative estimate of drug-likeness (QED) is 0.666. The van der Waals surface area contributed by atoms with Crippen molar-refractivity contribution in [3.8, 4) is 0 Å². The second-order valence-electron chi connectivity index (χ2n) is 6.45. The first-order chi connectivity index (χ1) is 9.45. The summed E-state index contributed by atoms with van der Waals surface area (Å²) in [6.45, 7) is 11.3. The van der Waals surface area contributed by atoms with E-state index in [9.17, 15) is 0 Å². The van der Waals surface area contributed by atoms with Gasteiger partial charge in [-0.05, 0) is 34.6 Å². The van der Waals surface area contributed by atoms with Crippen LogP contribution in [0.1, 0.15) is 62.8 Å². The van der Waals surface area contributed by atoms with Crippen LogP contribution in [0.25, 0.3) is 0 Å². The van der Waals surface area contributed by atoms with Crippen LogP contribution in [0.3, 0.4) is 0 Å². The Morgan fingerprint density at radius 3 is 1.65 bits per heavy atom. The van der Waals surface area contributed by atoms with E-state index >= 15 is 0 Å². The van der Waals surface area contributed by atoms with E-state index in [0.29, 0.717) is 5.92 Å². The van der Waals surface area contributed by atoms with Crippen molar-refractivity contribution in [1.29, 1.82) is 0 Å². The monoisotopic (exact) mass is 266 g/mol. The molecule has 0 unspecified atom stereocenters. The van der Waals surface area contributed by atoms with Crippen LogP contribution in [-0.4, -0.2) is 0 Å². The van der Waals surface area contributed by atoms with E-state index in [1.165, 1.54) is 22.3 Å². The molecule has 0 spiro atoms. The first kappa shape index (κ1) is 14.8. The van der Waals surface area contributed by atoms with Gasteiger partial charge in [-0.25, -0.2) is 0 Å². The highest BCUT2D eigenvalue weighted by Crippen LogP contribution is 2.32. The van der Waals surface area contributed by atoms with Crippen LogP contribution in [0, 0.1) is 0 Å². The fourth-order valence-corrected chi connectivity index (χ4v) is 2.61. The van der Waals surface area contributed by atoms with Crippen molar-refractivity contribution in [2.75, 3.05) is 0 Å². The molecule has 2 aromatic carbocycles. The van der Waals surface area contributed by atoms with Crippen molar-refractivity contribution in [1.82, 2.24) is 0 Å². The van der Waals surface area contributed by atoms with Gasteiger partial charge in [-0.15, -0.1) is 0 Å². The predicted molar refractivity (Wildman–Crippen MR) is 88.5 cm³/mol. The van der Waals surface area contributed by atoms with E-state index in [4.69, 9.17) is 0 Å². The van der Waals surface area contributed by atoms with Gasteiger partial charge in [0.05, 0.1) is 0 Å². The molecule has 0 atom stereocenters. The number of hydrogen-bond donors (Lipinski definition) is 0. The summed E-state index contributed by atoms with van der Waals surface area (Å²) in [7, 11) is 0. The minimum Gasteiger partial charge on any atom is -0.0613 e. The first-order valence-electron chi connectivity index (χ1n) is 7.65. The van der Waals surface area contributed by atoms with E-state index in [-0.39, 0.29) is 5.41 Å². The zero-order valence-corrected chi connectivity index (χ0v) is 13.4. The van der Waals surface area contributed by atoms with Gasteiger partial charge in [0.15, 0.2) is 0 Å². The number of aryl methyl sites for hydroxylation is 1. The van der Waals surface area contributed by atoms with E-state index in [1.807, 2.05) is 0 Å². The molecule has 0 heteroatoms. The highest BCUT2D eigenvalue weighted by atomic mass is 14.3. The molecule has 0 heterocycles. The molecule has 0 aromatic heterocycles. The molecule has 0 nitrogen and oxygen atoms in total. The summed E-state index contributed by atoms with van der Waals surface area (Å²) in [4.78, 5) is 0. The summed E-state index contributed by atoms with van der Waals surface area (Å²) < 4.78 is 0. The summed E-state index contributed by atoms with van der Waals surface area (Å²) in [5.41, 5.74) is 5.63. The van der Waals surface area contributed by atoms with Crippen LogP contribution in [-0.2, 0) is 11.8 Å². The smallest absolute Gasteiger partial charge is 0.0146 e. The van der Waals surface area contributed by atoms with Crippen LogP contribution in [0.2, 0.25) is 0 Å². The average molecular weight is 266 g/mol.